The van der Waals surface area contributed by atoms with Gasteiger partial charge in [-0.25, -0.2) is 12.8 Å². The Kier molecular flexibility index (Phi) is 10.2. The van der Waals surface area contributed by atoms with Crippen molar-refractivity contribution in [3.05, 3.63) is 94.6 Å². The van der Waals surface area contributed by atoms with Crippen molar-refractivity contribution in [3.8, 4) is 0 Å². The lowest BCUT2D eigenvalue weighted by Crippen LogP contribution is -2.47. The lowest BCUT2D eigenvalue weighted by atomic mass is 9.79. The van der Waals surface area contributed by atoms with Gasteiger partial charge in [0.1, 0.15) is 10.7 Å². The number of hydrogen-bond donors (Lipinski definition) is 0. The highest BCUT2D eigenvalue weighted by Crippen LogP contribution is 2.39. The number of piperidine rings is 1. The van der Waals surface area contributed by atoms with Gasteiger partial charge >= 0.3 is 12.4 Å². The molecule has 2 aromatic carbocycles. The molecule has 0 radical (unpaired) electrons. The van der Waals surface area contributed by atoms with E-state index in [9.17, 15) is 43.9 Å². The molecule has 0 spiro atoms. The van der Waals surface area contributed by atoms with Crippen molar-refractivity contribution in [1.82, 2.24) is 14.2 Å². The van der Waals surface area contributed by atoms with Gasteiger partial charge < -0.3 is 4.90 Å². The number of rotatable bonds is 6. The van der Waals surface area contributed by atoms with Crippen LogP contribution in [0.2, 0.25) is 0 Å². The molecule has 0 saturated carbocycles. The molecule has 234 valence electrons. The van der Waals surface area contributed by atoms with Crippen LogP contribution in [0.1, 0.15) is 40.2 Å². The summed E-state index contributed by atoms with van der Waals surface area (Å²) in [6, 6.07) is 7.80. The molecule has 1 aliphatic heterocycles. The monoisotopic (exact) mass is 653 g/mol. The summed E-state index contributed by atoms with van der Waals surface area (Å²) in [4.78, 5) is 18.5. The van der Waals surface area contributed by atoms with Crippen LogP contribution in [0, 0.1) is 18.7 Å². The molecule has 1 aromatic heterocycles. The zero-order valence-corrected chi connectivity index (χ0v) is 24.4. The van der Waals surface area contributed by atoms with Crippen LogP contribution in [0.4, 0.5) is 30.7 Å². The highest BCUT2D eigenvalue weighted by molar-refractivity contribution is 7.89. The van der Waals surface area contributed by atoms with Gasteiger partial charge in [0.25, 0.3) is 0 Å². The number of benzene rings is 2. The summed E-state index contributed by atoms with van der Waals surface area (Å²) in [6.45, 7) is 0.782. The third-order valence-corrected chi connectivity index (χ3v) is 9.09. The minimum absolute atomic E-state index is 0. The average Bonchev–Trinajstić information content (AvgIpc) is 2.91. The van der Waals surface area contributed by atoms with E-state index in [0.29, 0.717) is 23.3 Å². The van der Waals surface area contributed by atoms with E-state index in [1.54, 1.807) is 6.92 Å². The zero-order chi connectivity index (χ0) is 31.0. The Bertz CT molecular complexity index is 1540. The lowest BCUT2D eigenvalue weighted by molar-refractivity contribution is -0.143. The Hall–Kier alpha value is -3.23. The normalized spacial score (nSPS) is 18.2. The lowest BCUT2D eigenvalue weighted by Gasteiger charge is -2.39. The molecule has 2 atom stereocenters. The smallest absolute Gasteiger partial charge is 0.341 e. The summed E-state index contributed by atoms with van der Waals surface area (Å²) >= 11 is 0. The van der Waals surface area contributed by atoms with Gasteiger partial charge in [0.05, 0.1) is 11.1 Å². The molecule has 2 heterocycles. The molecule has 43 heavy (non-hydrogen) atoms. The zero-order valence-electron chi connectivity index (χ0n) is 22.8. The van der Waals surface area contributed by atoms with Gasteiger partial charge in [0.2, 0.25) is 15.9 Å². The third-order valence-electron chi connectivity index (χ3n) is 7.24. The first kappa shape index (κ1) is 34.3. The maximum atomic E-state index is 13.9. The number of amides is 1. The molecule has 6 nitrogen and oxygen atoms in total. The van der Waals surface area contributed by atoms with Crippen LogP contribution in [0.25, 0.3) is 0 Å². The molecule has 4 rings (SSSR count). The van der Waals surface area contributed by atoms with Crippen LogP contribution in [-0.4, -0.2) is 48.7 Å². The van der Waals surface area contributed by atoms with E-state index < -0.39 is 63.6 Å². The predicted octanol–water partition coefficient (Wildman–Crippen LogP) is 6.44. The number of sulfonamides is 1. The minimum Gasteiger partial charge on any atom is -0.341 e. The number of carbonyl (C=O) groups is 1. The number of hydrogen-bond acceptors (Lipinski definition) is 4. The second kappa shape index (κ2) is 12.8. The fourth-order valence-electron chi connectivity index (χ4n) is 5.20. The molecule has 1 aliphatic rings. The van der Waals surface area contributed by atoms with Crippen molar-refractivity contribution in [2.45, 2.75) is 43.1 Å². The second-order valence-corrected chi connectivity index (χ2v) is 12.1. The van der Waals surface area contributed by atoms with E-state index in [1.807, 2.05) is 0 Å². The highest BCUT2D eigenvalue weighted by Gasteiger charge is 2.42. The number of aryl methyl sites for hydroxylation is 1. The van der Waals surface area contributed by atoms with Crippen molar-refractivity contribution < 1.29 is 43.9 Å². The molecule has 3 aromatic rings. The van der Waals surface area contributed by atoms with Gasteiger partial charge in [-0.1, -0.05) is 6.07 Å². The Labute approximate surface area is 250 Å². The van der Waals surface area contributed by atoms with Crippen molar-refractivity contribution in [3.63, 3.8) is 0 Å². The minimum atomic E-state index is -5.05. The summed E-state index contributed by atoms with van der Waals surface area (Å²) in [7, 11) is -2.77. The van der Waals surface area contributed by atoms with E-state index in [-0.39, 0.29) is 48.4 Å². The number of pyridine rings is 1. The van der Waals surface area contributed by atoms with Crippen LogP contribution in [0.3, 0.4) is 0 Å². The maximum Gasteiger partial charge on any atom is 0.416 e. The van der Waals surface area contributed by atoms with Crippen molar-refractivity contribution in [2.75, 3.05) is 20.1 Å². The van der Waals surface area contributed by atoms with Gasteiger partial charge in [-0.3, -0.25) is 9.78 Å². The van der Waals surface area contributed by atoms with Crippen LogP contribution >= 0.6 is 12.4 Å². The number of carbonyl (C=O) groups excluding carboxylic acids is 1. The molecule has 0 bridgehead atoms. The second-order valence-electron chi connectivity index (χ2n) is 10.2. The Morgan fingerprint density at radius 2 is 1.65 bits per heavy atom. The number of halogens is 8. The first-order valence-corrected chi connectivity index (χ1v) is 14.1. The molecule has 0 aliphatic carbocycles. The largest absolute Gasteiger partial charge is 0.416 e. The SMILES string of the molecule is Cc1cc(F)ccc1C1CN(S(=O)(=O)c2cccnc2)CCC1C(=O)N(C)Cc1cc(C(F)(F)F)cc(C(F)(F)F)c1.Cl. The molecular weight excluding hydrogens is 627 g/mol. The molecule has 15 heteroatoms. The summed E-state index contributed by atoms with van der Waals surface area (Å²) in [5.74, 6) is -2.83. The van der Waals surface area contributed by atoms with Crippen LogP contribution < -0.4 is 0 Å². The Morgan fingerprint density at radius 3 is 2.19 bits per heavy atom. The summed E-state index contributed by atoms with van der Waals surface area (Å²) < 4.78 is 122. The molecule has 1 amide bonds. The van der Waals surface area contributed by atoms with Crippen molar-refractivity contribution in [1.29, 1.82) is 0 Å². The number of aromatic nitrogens is 1. The van der Waals surface area contributed by atoms with Gasteiger partial charge in [0.15, 0.2) is 0 Å². The van der Waals surface area contributed by atoms with Crippen LogP contribution in [-0.2, 0) is 33.7 Å². The summed E-state index contributed by atoms with van der Waals surface area (Å²) in [5.41, 5.74) is -2.43. The van der Waals surface area contributed by atoms with Crippen LogP contribution in [0.15, 0.2) is 65.8 Å². The quantitative estimate of drug-likeness (QED) is 0.287. The van der Waals surface area contributed by atoms with E-state index in [2.05, 4.69) is 4.98 Å². The fraction of sp³-hybridized carbons (Fsp3) is 0.357. The molecule has 2 unspecified atom stereocenters. The molecule has 1 saturated heterocycles. The van der Waals surface area contributed by atoms with Crippen molar-refractivity contribution >= 4 is 28.3 Å². The maximum absolute atomic E-state index is 13.9. The Morgan fingerprint density at radius 1 is 1.02 bits per heavy atom. The molecule has 1 fully saturated rings. The van der Waals surface area contributed by atoms with Gasteiger partial charge in [-0.05, 0) is 72.5 Å². The Balaban J connectivity index is 0.00000506. The number of alkyl halides is 6. The topological polar surface area (TPSA) is 70.6 Å². The first-order chi connectivity index (χ1) is 19.5. The van der Waals surface area contributed by atoms with Crippen LogP contribution in [0.5, 0.6) is 0 Å². The van der Waals surface area contributed by atoms with Gasteiger partial charge in [-0.2, -0.15) is 30.6 Å². The fourth-order valence-corrected chi connectivity index (χ4v) is 6.65. The molecular formula is C28H27ClF7N3O3S. The summed E-state index contributed by atoms with van der Waals surface area (Å²) in [5, 5.41) is 0. The van der Waals surface area contributed by atoms with Crippen molar-refractivity contribution in [2.24, 2.45) is 5.92 Å². The average molecular weight is 654 g/mol. The standard InChI is InChI=1S/C28H26F7N3O3S.ClH/c1-17-10-21(29)5-6-23(17)25-16-38(42(40,41)22-4-3-8-36-14-22)9-7-24(25)26(39)37(2)15-18-11-19(27(30,31)32)13-20(12-18)28(33,34)35;/h3-6,8,10-14,24-25H,7,9,15-16H2,1-2H3;1H. The molecule has 0 N–H and O–H groups in total. The third kappa shape index (κ3) is 7.65. The predicted molar refractivity (Wildman–Crippen MR) is 145 cm³/mol. The van der Waals surface area contributed by atoms with Gasteiger partial charge in [0, 0.05) is 50.9 Å². The van der Waals surface area contributed by atoms with Gasteiger partial charge in [-0.15, -0.1) is 12.4 Å². The number of nitrogens with zero attached hydrogens (tertiary/aromatic N) is 3. The summed E-state index contributed by atoms with van der Waals surface area (Å²) in [6.07, 6.45) is -7.50. The van der Waals surface area contributed by atoms with E-state index in [1.165, 1.54) is 54.1 Å². The highest BCUT2D eigenvalue weighted by atomic mass is 35.5. The van der Waals surface area contributed by atoms with E-state index >= 15 is 0 Å². The van der Waals surface area contributed by atoms with E-state index in [0.717, 1.165) is 4.90 Å². The first-order valence-electron chi connectivity index (χ1n) is 12.7. The van der Waals surface area contributed by atoms with E-state index in [4.69, 9.17) is 0 Å².